The normalized spacial score (nSPS) is 44.4. The summed E-state index contributed by atoms with van der Waals surface area (Å²) in [5, 5.41) is 33.5. The van der Waals surface area contributed by atoms with Crippen LogP contribution >= 0.6 is 0 Å². The van der Waals surface area contributed by atoms with Gasteiger partial charge in [-0.05, 0) is 171 Å². The molecular formula is C50H86N6O2. The molecule has 0 spiro atoms. The fourth-order valence-corrected chi connectivity index (χ4v) is 15.7. The van der Waals surface area contributed by atoms with Crippen molar-refractivity contribution in [3.8, 4) is 0 Å². The van der Waals surface area contributed by atoms with Crippen LogP contribution in [-0.2, 0) is 4.79 Å². The molecule has 0 aromatic rings. The van der Waals surface area contributed by atoms with Crippen LogP contribution in [0, 0.1) is 41.4 Å². The molecule has 9 fully saturated rings. The van der Waals surface area contributed by atoms with E-state index in [4.69, 9.17) is 10.2 Å². The van der Waals surface area contributed by atoms with Crippen molar-refractivity contribution >= 4 is 5.91 Å². The van der Waals surface area contributed by atoms with Crippen molar-refractivity contribution in [2.45, 2.75) is 260 Å². The van der Waals surface area contributed by atoms with Crippen molar-refractivity contribution in [3.05, 3.63) is 0 Å². The Hall–Kier alpha value is -1.09. The molecule has 1 aliphatic heterocycles. The number of carbonyl (C=O) groups is 1. The maximum atomic E-state index is 14.2. The molecule has 1 saturated heterocycles. The molecule has 8 nitrogen and oxygen atoms in total. The van der Waals surface area contributed by atoms with Gasteiger partial charge in [-0.1, -0.05) is 64.2 Å². The third-order valence-electron chi connectivity index (χ3n) is 19.0. The molecular weight excluding hydrogens is 717 g/mol. The van der Waals surface area contributed by atoms with E-state index < -0.39 is 6.10 Å². The van der Waals surface area contributed by atoms with Crippen molar-refractivity contribution in [1.82, 2.24) is 20.9 Å². The van der Waals surface area contributed by atoms with E-state index >= 15 is 0 Å². The van der Waals surface area contributed by atoms with E-state index in [0.717, 1.165) is 80.8 Å². The number of hydrogen-bond acceptors (Lipinski definition) is 7. The van der Waals surface area contributed by atoms with Crippen molar-refractivity contribution in [1.29, 1.82) is 0 Å². The number of aliphatic hydroxyl groups excluding tert-OH is 1. The van der Waals surface area contributed by atoms with Gasteiger partial charge in [0.25, 0.3) is 0 Å². The molecule has 0 aromatic carbocycles. The lowest BCUT2D eigenvalue weighted by Crippen LogP contribution is -2.59. The average molecular weight is 803 g/mol. The zero-order valence-corrected chi connectivity index (χ0v) is 36.9. The van der Waals surface area contributed by atoms with Crippen LogP contribution in [0.15, 0.2) is 10.2 Å². The summed E-state index contributed by atoms with van der Waals surface area (Å²) in [6, 6.07) is 4.48. The molecule has 8 aliphatic carbocycles. The Morgan fingerprint density at radius 3 is 1.86 bits per heavy atom. The summed E-state index contributed by atoms with van der Waals surface area (Å²) in [7, 11) is 2.07. The minimum Gasteiger partial charge on any atom is -0.390 e. The smallest absolute Gasteiger partial charge is 0.226 e. The summed E-state index contributed by atoms with van der Waals surface area (Å²) in [5.41, 5.74) is 0. The van der Waals surface area contributed by atoms with Crippen molar-refractivity contribution in [2.75, 3.05) is 7.05 Å². The summed E-state index contributed by atoms with van der Waals surface area (Å²) >= 11 is 0. The maximum Gasteiger partial charge on any atom is 0.226 e. The number of hydrogen-bond donors (Lipinski definition) is 4. The molecule has 9 unspecified atom stereocenters. The Bertz CT molecular complexity index is 1290. The molecule has 9 atom stereocenters. The first-order valence-electron chi connectivity index (χ1n) is 26.1. The maximum absolute atomic E-state index is 14.2. The van der Waals surface area contributed by atoms with Crippen LogP contribution in [0.5, 0.6) is 0 Å². The zero-order chi connectivity index (χ0) is 39.4. The molecule has 58 heavy (non-hydrogen) atoms. The lowest BCUT2D eigenvalue weighted by Gasteiger charge is -2.50. The minimum absolute atomic E-state index is 0.103. The van der Waals surface area contributed by atoms with Gasteiger partial charge in [0, 0.05) is 48.2 Å². The number of nitrogens with one attached hydrogen (secondary N) is 3. The van der Waals surface area contributed by atoms with Crippen molar-refractivity contribution in [2.24, 2.45) is 51.7 Å². The van der Waals surface area contributed by atoms with E-state index in [0.29, 0.717) is 35.9 Å². The van der Waals surface area contributed by atoms with E-state index in [1.807, 2.05) is 0 Å². The number of rotatable bonds is 11. The summed E-state index contributed by atoms with van der Waals surface area (Å²) in [4.78, 5) is 17.4. The number of fused-ring (bicyclic) bond motifs is 5. The standard InChI is InChI=1S/C50H86N6O2/c1-51-36-25-27-38(28-26-36)54-55-48-46-35(22-31-43-42-14-8-9-15-45(42)53-47(43)46)32-44(49(48)57)50(58)52-37-23-18-33(19-24-37)16-17-34-20-29-41(30-21-34)56(39-10-4-2-5-11-39)40-12-6-3-7-13-40/h33-49,51,53,57H,2-32H2,1H3,(H,52,58). The second-order valence-corrected chi connectivity index (χ2v) is 22.2. The highest BCUT2D eigenvalue weighted by Gasteiger charge is 2.57. The van der Waals surface area contributed by atoms with Gasteiger partial charge in [-0.15, -0.1) is 0 Å². The highest BCUT2D eigenvalue weighted by molar-refractivity contribution is 5.80. The first-order valence-corrected chi connectivity index (χ1v) is 26.1. The van der Waals surface area contributed by atoms with Crippen LogP contribution in [0.1, 0.15) is 199 Å². The fourth-order valence-electron chi connectivity index (χ4n) is 15.7. The Kier molecular flexibility index (Phi) is 14.5. The molecule has 0 bridgehead atoms. The predicted molar refractivity (Wildman–Crippen MR) is 235 cm³/mol. The summed E-state index contributed by atoms with van der Waals surface area (Å²) in [5.74, 6) is 3.68. The van der Waals surface area contributed by atoms with Gasteiger partial charge in [0.05, 0.1) is 18.1 Å². The van der Waals surface area contributed by atoms with Crippen LogP contribution in [0.25, 0.3) is 0 Å². The molecule has 4 N–H and O–H groups in total. The van der Waals surface area contributed by atoms with E-state index in [1.165, 1.54) is 154 Å². The second-order valence-electron chi connectivity index (χ2n) is 22.2. The lowest BCUT2D eigenvalue weighted by molar-refractivity contribution is -0.136. The van der Waals surface area contributed by atoms with Gasteiger partial charge in [-0.3, -0.25) is 9.69 Å². The SMILES string of the molecule is CNC1CCC(N=NC2C(O)C(C(=O)NC3CCC(CCC4CCC(N(C5CCCCC5)C5CCCCC5)CC4)CC3)CC3CCC4C5CCCCC5NC4C32)CC1. The molecule has 0 radical (unpaired) electrons. The number of amides is 1. The highest BCUT2D eigenvalue weighted by Crippen LogP contribution is 2.53. The van der Waals surface area contributed by atoms with E-state index in [2.05, 4.69) is 27.9 Å². The van der Waals surface area contributed by atoms with Crippen LogP contribution in [0.3, 0.4) is 0 Å². The molecule has 328 valence electrons. The van der Waals surface area contributed by atoms with Crippen molar-refractivity contribution in [3.63, 3.8) is 0 Å². The number of carbonyl (C=O) groups excluding carboxylic acids is 1. The van der Waals surface area contributed by atoms with Gasteiger partial charge in [0.15, 0.2) is 0 Å². The quantitative estimate of drug-likeness (QED) is 0.156. The third-order valence-corrected chi connectivity index (χ3v) is 19.0. The van der Waals surface area contributed by atoms with Crippen LogP contribution < -0.4 is 16.0 Å². The van der Waals surface area contributed by atoms with Crippen molar-refractivity contribution < 1.29 is 9.90 Å². The average Bonchev–Trinajstić information content (AvgIpc) is 3.66. The Morgan fingerprint density at radius 2 is 1.21 bits per heavy atom. The van der Waals surface area contributed by atoms with Crippen LogP contribution in [-0.4, -0.2) is 83.4 Å². The minimum atomic E-state index is -0.745. The Morgan fingerprint density at radius 1 is 0.621 bits per heavy atom. The molecule has 1 amide bonds. The molecule has 0 aromatic heterocycles. The topological polar surface area (TPSA) is 101 Å². The largest absolute Gasteiger partial charge is 0.390 e. The van der Waals surface area contributed by atoms with E-state index in [-0.39, 0.29) is 30.0 Å². The first kappa shape index (κ1) is 42.2. The highest BCUT2D eigenvalue weighted by atomic mass is 16.3. The van der Waals surface area contributed by atoms with Crippen LogP contribution in [0.2, 0.25) is 0 Å². The van der Waals surface area contributed by atoms with E-state index in [1.54, 1.807) is 0 Å². The summed E-state index contributed by atoms with van der Waals surface area (Å²) in [6.07, 6.45) is 40.2. The van der Waals surface area contributed by atoms with Gasteiger partial charge >= 0.3 is 0 Å². The van der Waals surface area contributed by atoms with Gasteiger partial charge < -0.3 is 21.1 Å². The Balaban J connectivity index is 0.759. The molecule has 9 aliphatic rings. The Labute approximate surface area is 353 Å². The van der Waals surface area contributed by atoms with Gasteiger partial charge in [0.2, 0.25) is 5.91 Å². The molecule has 9 rings (SSSR count). The molecule has 1 heterocycles. The third kappa shape index (κ3) is 9.60. The van der Waals surface area contributed by atoms with Gasteiger partial charge in [-0.25, -0.2) is 0 Å². The summed E-state index contributed by atoms with van der Waals surface area (Å²) in [6.45, 7) is 0. The predicted octanol–water partition coefficient (Wildman–Crippen LogP) is 9.87. The zero-order valence-electron chi connectivity index (χ0n) is 36.9. The fraction of sp³-hybridized carbons (Fsp3) is 0.980. The first-order chi connectivity index (χ1) is 28.5. The monoisotopic (exact) mass is 803 g/mol. The van der Waals surface area contributed by atoms with Gasteiger partial charge in [0.1, 0.15) is 6.04 Å². The van der Waals surface area contributed by atoms with Gasteiger partial charge in [-0.2, -0.15) is 10.2 Å². The second kappa shape index (κ2) is 20.0. The van der Waals surface area contributed by atoms with E-state index in [9.17, 15) is 9.90 Å². The van der Waals surface area contributed by atoms with Crippen LogP contribution in [0.4, 0.5) is 0 Å². The number of nitrogens with zero attached hydrogens (tertiary/aromatic N) is 3. The molecule has 8 heteroatoms. The number of aliphatic hydroxyl groups is 1. The number of azo groups is 1. The lowest BCUT2D eigenvalue weighted by atomic mass is 9.58. The summed E-state index contributed by atoms with van der Waals surface area (Å²) < 4.78 is 0. The molecule has 8 saturated carbocycles.